The Morgan fingerprint density at radius 2 is 2.00 bits per heavy atom. The Kier molecular flexibility index (Phi) is 5.27. The van der Waals surface area contributed by atoms with Crippen LogP contribution < -0.4 is 0 Å². The van der Waals surface area contributed by atoms with Gasteiger partial charge in [-0.25, -0.2) is 0 Å². The number of aliphatic imine (C=N–C) groups is 1. The highest BCUT2D eigenvalue weighted by molar-refractivity contribution is 9.09. The Bertz CT molecular complexity index is 305. The van der Waals surface area contributed by atoms with Crippen molar-refractivity contribution in [3.05, 3.63) is 0 Å². The third kappa shape index (κ3) is 3.21. The highest BCUT2D eigenvalue weighted by atomic mass is 79.9. The molecule has 0 aromatic heterocycles. The Hall–Kier alpha value is -0.560. The quantitative estimate of drug-likeness (QED) is 0.439. The Morgan fingerprint density at radius 3 is 2.38 bits per heavy atom. The number of thioether (sulfide) groups is 1. The van der Waals surface area contributed by atoms with Crippen LogP contribution >= 0.6 is 27.7 Å². The van der Waals surface area contributed by atoms with Gasteiger partial charge < -0.3 is 9.47 Å². The number of halogens is 1. The van der Waals surface area contributed by atoms with Crippen LogP contribution in [0.3, 0.4) is 0 Å². The van der Waals surface area contributed by atoms with Crippen molar-refractivity contribution in [2.24, 2.45) is 10.9 Å². The van der Waals surface area contributed by atoms with Gasteiger partial charge in [-0.3, -0.25) is 14.6 Å². The summed E-state index contributed by atoms with van der Waals surface area (Å²) in [4.78, 5) is 27.4. The summed E-state index contributed by atoms with van der Waals surface area (Å²) in [6.07, 6.45) is 0. The normalized spacial score (nSPS) is 20.2. The third-order valence-corrected chi connectivity index (χ3v) is 4.25. The molecular formula is C9H12BrNO4S. The zero-order valence-electron chi connectivity index (χ0n) is 8.94. The van der Waals surface area contributed by atoms with Gasteiger partial charge in [0.05, 0.1) is 25.8 Å². The predicted molar refractivity (Wildman–Crippen MR) is 65.0 cm³/mol. The predicted octanol–water partition coefficient (Wildman–Crippen LogP) is 0.857. The first-order valence-electron chi connectivity index (χ1n) is 4.57. The van der Waals surface area contributed by atoms with Crippen LogP contribution in [0.15, 0.2) is 4.99 Å². The smallest absolute Gasteiger partial charge is 0.326 e. The average Bonchev–Trinajstić information content (AvgIpc) is 2.31. The van der Waals surface area contributed by atoms with Crippen molar-refractivity contribution in [3.63, 3.8) is 0 Å². The van der Waals surface area contributed by atoms with Crippen molar-refractivity contribution >= 4 is 44.7 Å². The van der Waals surface area contributed by atoms with Crippen LogP contribution in [0.25, 0.3) is 0 Å². The van der Waals surface area contributed by atoms with Gasteiger partial charge >= 0.3 is 11.9 Å². The first kappa shape index (κ1) is 13.5. The van der Waals surface area contributed by atoms with Crippen molar-refractivity contribution in [2.45, 2.75) is 4.83 Å². The second-order valence-electron chi connectivity index (χ2n) is 3.07. The fourth-order valence-electron chi connectivity index (χ4n) is 1.17. The highest BCUT2D eigenvalue weighted by Crippen LogP contribution is 2.24. The van der Waals surface area contributed by atoms with Gasteiger partial charge in [-0.2, -0.15) is 0 Å². The van der Waals surface area contributed by atoms with Crippen LogP contribution in [0.4, 0.5) is 0 Å². The summed E-state index contributed by atoms with van der Waals surface area (Å²) in [6.45, 7) is 0.548. The minimum Gasteiger partial charge on any atom is -0.468 e. The molecule has 0 fully saturated rings. The van der Waals surface area contributed by atoms with Crippen LogP contribution in [-0.2, 0) is 19.1 Å². The zero-order chi connectivity index (χ0) is 12.1. The van der Waals surface area contributed by atoms with E-state index in [2.05, 4.69) is 30.4 Å². The minimum atomic E-state index is -1.04. The molecule has 90 valence electrons. The molecule has 0 N–H and O–H groups in total. The lowest BCUT2D eigenvalue weighted by Gasteiger charge is -2.20. The van der Waals surface area contributed by atoms with Crippen LogP contribution in [-0.4, -0.2) is 48.3 Å². The maximum absolute atomic E-state index is 11.5. The molecular weight excluding hydrogens is 298 g/mol. The fourth-order valence-corrected chi connectivity index (χ4v) is 2.69. The van der Waals surface area contributed by atoms with Gasteiger partial charge in [-0.15, -0.1) is 11.8 Å². The molecule has 5 nitrogen and oxygen atoms in total. The topological polar surface area (TPSA) is 65.0 Å². The molecule has 0 spiro atoms. The number of nitrogens with zero attached hydrogens (tertiary/aromatic N) is 1. The molecule has 16 heavy (non-hydrogen) atoms. The largest absolute Gasteiger partial charge is 0.468 e. The summed E-state index contributed by atoms with van der Waals surface area (Å²) < 4.78 is 9.14. The lowest BCUT2D eigenvalue weighted by Crippen LogP contribution is -2.34. The van der Waals surface area contributed by atoms with Crippen LogP contribution in [0.2, 0.25) is 0 Å². The van der Waals surface area contributed by atoms with Crippen molar-refractivity contribution < 1.29 is 19.1 Å². The maximum Gasteiger partial charge on any atom is 0.326 e. The first-order chi connectivity index (χ1) is 7.60. The van der Waals surface area contributed by atoms with Crippen LogP contribution in [0.5, 0.6) is 0 Å². The number of ether oxygens (including phenoxy) is 2. The summed E-state index contributed by atoms with van der Waals surface area (Å²) in [7, 11) is 2.47. The zero-order valence-corrected chi connectivity index (χ0v) is 11.3. The Labute approximate surface area is 106 Å². The van der Waals surface area contributed by atoms with E-state index in [9.17, 15) is 9.59 Å². The Morgan fingerprint density at radius 1 is 1.44 bits per heavy atom. The van der Waals surface area contributed by atoms with Crippen LogP contribution in [0, 0.1) is 5.92 Å². The Balaban J connectivity index is 2.85. The third-order valence-electron chi connectivity index (χ3n) is 1.98. The second kappa shape index (κ2) is 6.24. The van der Waals surface area contributed by atoms with E-state index in [1.165, 1.54) is 26.0 Å². The first-order valence-corrected chi connectivity index (χ1v) is 6.47. The standard InChI is InChI=1S/C9H12BrNO4S/c1-14-8(12)6(9(13)15-2)7-11-3-5(10)4-16-7/h5-6H,3-4H2,1-2H3/t5-/m0/s1. The van der Waals surface area contributed by atoms with Gasteiger partial charge in [0, 0.05) is 10.6 Å². The van der Waals surface area contributed by atoms with Gasteiger partial charge in [0.2, 0.25) is 5.92 Å². The number of rotatable bonds is 3. The highest BCUT2D eigenvalue weighted by Gasteiger charge is 2.35. The molecule has 0 aliphatic carbocycles. The molecule has 1 rings (SSSR count). The van der Waals surface area contributed by atoms with Gasteiger partial charge in [0.1, 0.15) is 0 Å². The lowest BCUT2D eigenvalue weighted by atomic mass is 10.1. The summed E-state index contributed by atoms with van der Waals surface area (Å²) in [6, 6.07) is 0. The van der Waals surface area contributed by atoms with E-state index in [0.717, 1.165) is 5.75 Å². The summed E-state index contributed by atoms with van der Waals surface area (Å²) in [5, 5.41) is 0.467. The van der Waals surface area contributed by atoms with Gasteiger partial charge in [-0.05, 0) is 0 Å². The summed E-state index contributed by atoms with van der Waals surface area (Å²) in [5.41, 5.74) is 0. The van der Waals surface area contributed by atoms with Crippen molar-refractivity contribution in [2.75, 3.05) is 26.5 Å². The number of alkyl halides is 1. The molecule has 1 heterocycles. The van der Waals surface area contributed by atoms with E-state index < -0.39 is 17.9 Å². The van der Waals surface area contributed by atoms with E-state index >= 15 is 0 Å². The molecule has 1 aliphatic rings. The lowest BCUT2D eigenvalue weighted by molar-refractivity contribution is -0.154. The van der Waals surface area contributed by atoms with Crippen molar-refractivity contribution in [1.29, 1.82) is 0 Å². The molecule has 0 aromatic rings. The number of carbonyl (C=O) groups excluding carboxylic acids is 2. The number of hydrogen-bond donors (Lipinski definition) is 0. The second-order valence-corrected chi connectivity index (χ2v) is 5.40. The fraction of sp³-hybridized carbons (Fsp3) is 0.667. The molecule has 0 saturated heterocycles. The molecule has 0 amide bonds. The van der Waals surface area contributed by atoms with E-state index in [1.807, 2.05) is 0 Å². The minimum absolute atomic E-state index is 0.275. The number of hydrogen-bond acceptors (Lipinski definition) is 6. The molecule has 0 radical (unpaired) electrons. The van der Waals surface area contributed by atoms with Gasteiger partial charge in [-0.1, -0.05) is 15.9 Å². The molecule has 1 aliphatic heterocycles. The average molecular weight is 310 g/mol. The molecule has 1 atom stereocenters. The van der Waals surface area contributed by atoms with Crippen molar-refractivity contribution in [3.8, 4) is 0 Å². The molecule has 7 heteroatoms. The summed E-state index contributed by atoms with van der Waals surface area (Å²) in [5.74, 6) is -1.54. The van der Waals surface area contributed by atoms with E-state index in [0.29, 0.717) is 11.6 Å². The van der Waals surface area contributed by atoms with Crippen LogP contribution in [0.1, 0.15) is 0 Å². The molecule has 0 unspecified atom stereocenters. The van der Waals surface area contributed by atoms with E-state index in [4.69, 9.17) is 0 Å². The monoisotopic (exact) mass is 309 g/mol. The SMILES string of the molecule is COC(=O)C(C(=O)OC)C1=NC[C@H](Br)CS1. The molecule has 0 saturated carbocycles. The van der Waals surface area contributed by atoms with Gasteiger partial charge in [0.25, 0.3) is 0 Å². The molecule has 0 aromatic carbocycles. The number of esters is 2. The van der Waals surface area contributed by atoms with E-state index in [-0.39, 0.29) is 4.83 Å². The van der Waals surface area contributed by atoms with Crippen molar-refractivity contribution in [1.82, 2.24) is 0 Å². The summed E-state index contributed by atoms with van der Waals surface area (Å²) >= 11 is 4.78. The van der Waals surface area contributed by atoms with Gasteiger partial charge in [0.15, 0.2) is 0 Å². The number of methoxy groups -OCH3 is 2. The maximum atomic E-state index is 11.5. The van der Waals surface area contributed by atoms with E-state index in [1.54, 1.807) is 0 Å². The molecule has 0 bridgehead atoms. The number of carbonyl (C=O) groups is 2.